The van der Waals surface area contributed by atoms with Crippen LogP contribution in [0.3, 0.4) is 0 Å². The van der Waals surface area contributed by atoms with E-state index in [0.717, 1.165) is 12.4 Å². The van der Waals surface area contributed by atoms with Gasteiger partial charge < -0.3 is 0 Å². The Balaban J connectivity index is 1.96. The van der Waals surface area contributed by atoms with Crippen molar-refractivity contribution < 1.29 is 9.38 Å². The molecule has 0 saturated carbocycles. The zero-order valence-electron chi connectivity index (χ0n) is 8.91. The van der Waals surface area contributed by atoms with Gasteiger partial charge in [0.05, 0.1) is 11.5 Å². The van der Waals surface area contributed by atoms with Gasteiger partial charge in [-0.25, -0.2) is 0 Å². The number of rotatable bonds is 0. The number of fused-ring (bicyclic) bond motifs is 5. The van der Waals surface area contributed by atoms with Crippen molar-refractivity contribution in [3.05, 3.63) is 36.2 Å². The number of nitrogens with zero attached hydrogens (tertiary/aromatic N) is 5. The molecule has 2 aromatic rings. The lowest BCUT2D eigenvalue weighted by Crippen LogP contribution is -2.40. The van der Waals surface area contributed by atoms with Crippen LogP contribution in [0.1, 0.15) is 11.7 Å². The third kappa shape index (κ3) is 0.816. The van der Waals surface area contributed by atoms with Crippen LogP contribution in [-0.2, 0) is 13.5 Å². The number of azo groups is 2. The summed E-state index contributed by atoms with van der Waals surface area (Å²) >= 11 is 0. The normalized spacial score (nSPS) is 20.3. The molecule has 78 valence electrons. The topological polar surface area (TPSA) is 37.1 Å². The van der Waals surface area contributed by atoms with Gasteiger partial charge in [0.25, 0.3) is 0 Å². The second kappa shape index (κ2) is 2.55. The van der Waals surface area contributed by atoms with Gasteiger partial charge in [-0.2, -0.15) is 4.68 Å². The lowest BCUT2D eigenvalue weighted by atomic mass is 10.1. The predicted molar refractivity (Wildman–Crippen MR) is 54.6 cm³/mol. The van der Waals surface area contributed by atoms with Crippen molar-refractivity contribution >= 4 is 11.6 Å². The van der Waals surface area contributed by atoms with E-state index in [2.05, 4.69) is 43.7 Å². The first-order chi connectivity index (χ1) is 7.84. The third-order valence-corrected chi connectivity index (χ3v) is 3.29. The maximum absolute atomic E-state index is 4.54. The number of hydrogen-bond acceptors (Lipinski definition) is 2. The summed E-state index contributed by atoms with van der Waals surface area (Å²) in [6, 6.07) is 8.42. The number of hydrogen-bond donors (Lipinski definition) is 0. The fourth-order valence-electron chi connectivity index (χ4n) is 2.56. The van der Waals surface area contributed by atoms with E-state index in [1.54, 1.807) is 6.33 Å². The monoisotopic (exact) mass is 213 g/mol. The summed E-state index contributed by atoms with van der Waals surface area (Å²) in [6.45, 7) is 0. The molecule has 0 amide bonds. The van der Waals surface area contributed by atoms with E-state index >= 15 is 0 Å². The van der Waals surface area contributed by atoms with Crippen molar-refractivity contribution in [1.29, 1.82) is 0 Å². The molecule has 5 nitrogen and oxygen atoms in total. The Labute approximate surface area is 92.3 Å². The van der Waals surface area contributed by atoms with Crippen molar-refractivity contribution in [3.8, 4) is 0 Å². The Kier molecular flexibility index (Phi) is 1.30. The molecule has 0 bridgehead atoms. The minimum atomic E-state index is 0.264. The largest absolute Gasteiger partial charge is 0.441 e. The minimum Gasteiger partial charge on any atom is -0.151 e. The number of aryl methyl sites for hydroxylation is 1. The van der Waals surface area contributed by atoms with Crippen molar-refractivity contribution in [3.63, 3.8) is 0 Å². The summed E-state index contributed by atoms with van der Waals surface area (Å²) in [5.74, 6) is 0.794. The molecular weight excluding hydrogens is 202 g/mol. The van der Waals surface area contributed by atoms with Crippen molar-refractivity contribution in [1.82, 2.24) is 9.67 Å². The Morgan fingerprint density at radius 3 is 3.19 bits per heavy atom. The van der Waals surface area contributed by atoms with Crippen LogP contribution in [0.5, 0.6) is 0 Å². The van der Waals surface area contributed by atoms with E-state index in [4.69, 9.17) is 0 Å². The molecule has 0 saturated heterocycles. The second-order valence-electron chi connectivity index (χ2n) is 4.22. The summed E-state index contributed by atoms with van der Waals surface area (Å²) in [4.78, 5) is 4.27. The lowest BCUT2D eigenvalue weighted by molar-refractivity contribution is -0.776. The van der Waals surface area contributed by atoms with Gasteiger partial charge in [0.1, 0.15) is 7.05 Å². The molecule has 1 atom stereocenters. The zero-order valence-corrected chi connectivity index (χ0v) is 8.91. The highest BCUT2D eigenvalue weighted by molar-refractivity contribution is 5.43. The van der Waals surface area contributed by atoms with E-state index in [1.165, 1.54) is 11.3 Å². The molecule has 3 heterocycles. The molecule has 2 aliphatic heterocycles. The Morgan fingerprint density at radius 1 is 1.38 bits per heavy atom. The van der Waals surface area contributed by atoms with Gasteiger partial charge in [-0.1, -0.05) is 27.6 Å². The van der Waals surface area contributed by atoms with Crippen LogP contribution in [0.15, 0.2) is 35.7 Å². The molecule has 0 unspecified atom stereocenters. The quantitative estimate of drug-likeness (QED) is 0.606. The second-order valence-corrected chi connectivity index (χ2v) is 4.22. The highest BCUT2D eigenvalue weighted by Gasteiger charge is 2.48. The maximum atomic E-state index is 4.54. The van der Waals surface area contributed by atoms with Crippen LogP contribution in [0.25, 0.3) is 0 Å². The van der Waals surface area contributed by atoms with Gasteiger partial charge >= 0.3 is 18.4 Å². The number of aromatic nitrogens is 3. The van der Waals surface area contributed by atoms with E-state index in [-0.39, 0.29) is 6.17 Å². The van der Waals surface area contributed by atoms with Gasteiger partial charge in [-0.05, 0) is 0 Å². The third-order valence-electron chi connectivity index (χ3n) is 3.29. The first-order valence-corrected chi connectivity index (χ1v) is 5.36. The number of para-hydroxylation sites is 1. The van der Waals surface area contributed by atoms with Gasteiger partial charge in [0, 0.05) is 16.6 Å². The number of benzene rings is 1. The van der Waals surface area contributed by atoms with Gasteiger partial charge in [0.2, 0.25) is 5.69 Å². The van der Waals surface area contributed by atoms with Crippen molar-refractivity contribution in [2.45, 2.75) is 12.6 Å². The van der Waals surface area contributed by atoms with E-state index in [0.29, 0.717) is 0 Å². The first-order valence-electron chi connectivity index (χ1n) is 5.36. The Bertz CT molecular complexity index is 625. The molecule has 5 heteroatoms. The SMILES string of the molecule is C[n+]1cnc2n1[C@@H]1Cc3ccccc3[N+]1=N2. The molecule has 0 spiro atoms. The highest BCUT2D eigenvalue weighted by atomic mass is 15.6. The van der Waals surface area contributed by atoms with Crippen LogP contribution >= 0.6 is 0 Å². The molecule has 0 N–H and O–H groups in total. The molecule has 4 rings (SSSR count). The van der Waals surface area contributed by atoms with Crippen LogP contribution in [0.4, 0.5) is 11.6 Å². The molecule has 0 aliphatic carbocycles. The zero-order chi connectivity index (χ0) is 10.7. The van der Waals surface area contributed by atoms with Crippen LogP contribution in [0.2, 0.25) is 0 Å². The summed E-state index contributed by atoms with van der Waals surface area (Å²) < 4.78 is 6.19. The molecule has 0 fully saturated rings. The van der Waals surface area contributed by atoms with Crippen LogP contribution in [0, 0.1) is 0 Å². The van der Waals surface area contributed by atoms with Crippen molar-refractivity contribution in [2.75, 3.05) is 0 Å². The molecule has 1 aromatic carbocycles. The highest BCUT2D eigenvalue weighted by Crippen LogP contribution is 2.40. The fraction of sp³-hybridized carbons (Fsp3) is 0.273. The summed E-state index contributed by atoms with van der Waals surface area (Å²) in [5, 5.41) is 4.54. The predicted octanol–water partition coefficient (Wildman–Crippen LogP) is 1.20. The lowest BCUT2D eigenvalue weighted by Gasteiger charge is -1.98. The fourth-order valence-corrected chi connectivity index (χ4v) is 2.56. The summed E-state index contributed by atoms with van der Waals surface area (Å²) in [7, 11) is 2.00. The van der Waals surface area contributed by atoms with Crippen LogP contribution in [-0.4, -0.2) is 14.4 Å². The van der Waals surface area contributed by atoms with Crippen molar-refractivity contribution in [2.24, 2.45) is 12.2 Å². The Hall–Kier alpha value is -2.04. The smallest absolute Gasteiger partial charge is 0.151 e. The molecule has 1 aromatic heterocycles. The Morgan fingerprint density at radius 2 is 2.25 bits per heavy atom. The average molecular weight is 213 g/mol. The van der Waals surface area contributed by atoms with E-state index < -0.39 is 0 Å². The van der Waals surface area contributed by atoms with Crippen LogP contribution < -0.4 is 4.68 Å². The minimum absolute atomic E-state index is 0.264. The molecule has 16 heavy (non-hydrogen) atoms. The average Bonchev–Trinajstić information content (AvgIpc) is 2.90. The standard InChI is InChI=1S/C11H11N5/c1-14-7-12-11-13-15-9-5-3-2-4-8(9)6-10(15)16(11)14/h2-5,7,10H,6H2,1H3/q+2/t10-/m1/s1. The van der Waals surface area contributed by atoms with Gasteiger partial charge in [-0.3, -0.25) is 0 Å². The molecule has 0 radical (unpaired) electrons. The van der Waals surface area contributed by atoms with E-state index in [9.17, 15) is 0 Å². The summed E-state index contributed by atoms with van der Waals surface area (Å²) in [5.41, 5.74) is 2.56. The molecule has 2 aliphatic rings. The van der Waals surface area contributed by atoms with Gasteiger partial charge in [-0.15, -0.1) is 0 Å². The van der Waals surface area contributed by atoms with Gasteiger partial charge in [0.15, 0.2) is 0 Å². The maximum Gasteiger partial charge on any atom is 0.441 e. The summed E-state index contributed by atoms with van der Waals surface area (Å²) in [6.07, 6.45) is 3.07. The molecular formula is C11H11N5+2. The van der Waals surface area contributed by atoms with E-state index in [1.807, 2.05) is 11.7 Å². The first kappa shape index (κ1) is 8.15.